The quantitative estimate of drug-likeness (QED) is 0.295. The van der Waals surface area contributed by atoms with Crippen molar-refractivity contribution in [3.63, 3.8) is 0 Å². The molecule has 5 rings (SSSR count). The maximum absolute atomic E-state index is 13.6. The van der Waals surface area contributed by atoms with E-state index in [-0.39, 0.29) is 43.6 Å². The van der Waals surface area contributed by atoms with Crippen molar-refractivity contribution in [3.8, 4) is 5.75 Å². The largest absolute Gasteiger partial charge is 0.505 e. The molecule has 206 valence electrons. The van der Waals surface area contributed by atoms with Crippen LogP contribution in [0.2, 0.25) is 0 Å². The lowest BCUT2D eigenvalue weighted by molar-refractivity contribution is 0.0519. The molecule has 1 aromatic carbocycles. The predicted molar refractivity (Wildman–Crippen MR) is 148 cm³/mol. The zero-order chi connectivity index (χ0) is 28.6. The van der Waals surface area contributed by atoms with Gasteiger partial charge < -0.3 is 14.4 Å². The van der Waals surface area contributed by atoms with Gasteiger partial charge >= 0.3 is 5.97 Å². The van der Waals surface area contributed by atoms with E-state index in [1.54, 1.807) is 43.3 Å². The summed E-state index contributed by atoms with van der Waals surface area (Å²) in [5.74, 6) is -2.41. The van der Waals surface area contributed by atoms with Crippen molar-refractivity contribution in [2.24, 2.45) is 0 Å². The third-order valence-electron chi connectivity index (χ3n) is 6.89. The number of ether oxygens (including phenoxy) is 1. The summed E-state index contributed by atoms with van der Waals surface area (Å²) < 4.78 is 20.3. The minimum absolute atomic E-state index is 0.00525. The van der Waals surface area contributed by atoms with Gasteiger partial charge in [-0.2, -0.15) is 0 Å². The summed E-state index contributed by atoms with van der Waals surface area (Å²) in [6.07, 6.45) is 6.28. The number of carbonyl (C=O) groups excluding carboxylic acids is 3. The summed E-state index contributed by atoms with van der Waals surface area (Å²) in [5.41, 5.74) is 1.11. The average molecular weight is 610 g/mol. The molecule has 2 amide bonds. The van der Waals surface area contributed by atoms with Gasteiger partial charge in [-0.1, -0.05) is 30.4 Å². The zero-order valence-corrected chi connectivity index (χ0v) is 23.1. The van der Waals surface area contributed by atoms with E-state index < -0.39 is 40.8 Å². The monoisotopic (exact) mass is 609 g/mol. The summed E-state index contributed by atoms with van der Waals surface area (Å²) in [6, 6.07) is 6.55. The number of rotatable bonds is 8. The van der Waals surface area contributed by atoms with E-state index in [9.17, 15) is 28.7 Å². The topological polar surface area (TPSA) is 119 Å². The van der Waals surface area contributed by atoms with Gasteiger partial charge in [0.25, 0.3) is 17.4 Å². The van der Waals surface area contributed by atoms with Gasteiger partial charge in [0.05, 0.1) is 23.3 Å². The highest BCUT2D eigenvalue weighted by atomic mass is 79.9. The van der Waals surface area contributed by atoms with E-state index in [1.165, 1.54) is 16.8 Å². The van der Waals surface area contributed by atoms with Gasteiger partial charge in [-0.15, -0.1) is 0 Å². The Morgan fingerprint density at radius 1 is 1.18 bits per heavy atom. The number of allylic oxidation sites excluding steroid dienone is 4. The molecule has 0 fully saturated rings. The van der Waals surface area contributed by atoms with Gasteiger partial charge in [0, 0.05) is 30.2 Å². The van der Waals surface area contributed by atoms with Crippen molar-refractivity contribution in [2.45, 2.75) is 38.9 Å². The molecular weight excluding hydrogens is 585 g/mol. The number of aromatic nitrogens is 2. The van der Waals surface area contributed by atoms with Gasteiger partial charge in [0.15, 0.2) is 11.3 Å². The molecule has 2 aliphatic rings. The maximum atomic E-state index is 13.6. The number of pyridine rings is 2. The van der Waals surface area contributed by atoms with Crippen LogP contribution in [0.5, 0.6) is 5.75 Å². The Labute approximate surface area is 236 Å². The number of aryl methyl sites for hydroxylation is 1. The first kappa shape index (κ1) is 27.4. The zero-order valence-electron chi connectivity index (χ0n) is 21.5. The van der Waals surface area contributed by atoms with Crippen LogP contribution in [0.4, 0.5) is 4.39 Å². The molecule has 0 bridgehead atoms. The number of amides is 2. The molecule has 40 heavy (non-hydrogen) atoms. The van der Waals surface area contributed by atoms with E-state index >= 15 is 0 Å². The van der Waals surface area contributed by atoms with Gasteiger partial charge in [-0.3, -0.25) is 24.3 Å². The fraction of sp³-hybridized carbons (Fsp3) is 0.276. The second-order valence-electron chi connectivity index (χ2n) is 9.42. The predicted octanol–water partition coefficient (Wildman–Crippen LogP) is 4.49. The number of carbonyl (C=O) groups is 3. The normalized spacial score (nSPS) is 16.4. The van der Waals surface area contributed by atoms with Gasteiger partial charge in [-0.25, -0.2) is 9.18 Å². The van der Waals surface area contributed by atoms with Crippen molar-refractivity contribution in [2.75, 3.05) is 13.2 Å². The van der Waals surface area contributed by atoms with Crippen LogP contribution in [-0.2, 0) is 17.7 Å². The highest BCUT2D eigenvalue weighted by molar-refractivity contribution is 9.10. The molecule has 11 heteroatoms. The van der Waals surface area contributed by atoms with Crippen LogP contribution in [0.3, 0.4) is 0 Å². The molecule has 1 atom stereocenters. The highest BCUT2D eigenvalue weighted by Gasteiger charge is 2.35. The minimum atomic E-state index is -1.03. The SMILES string of the molecule is CCOC(=O)c1c(O)c2ncc(CC3=CCC(F)C=C3)c(Br)c2n(CCCN2C(=O)c3ccccc3C2=O)c1=O. The van der Waals surface area contributed by atoms with Crippen LogP contribution in [0.1, 0.15) is 56.4 Å². The number of benzene rings is 1. The first-order valence-electron chi connectivity index (χ1n) is 12.8. The molecule has 0 saturated carbocycles. The lowest BCUT2D eigenvalue weighted by Gasteiger charge is -2.19. The molecular formula is C29H25BrFN3O6. The number of imide groups is 1. The van der Waals surface area contributed by atoms with E-state index in [0.29, 0.717) is 27.6 Å². The number of fused-ring (bicyclic) bond motifs is 2. The van der Waals surface area contributed by atoms with Crippen LogP contribution in [-0.4, -0.2) is 56.7 Å². The van der Waals surface area contributed by atoms with Crippen molar-refractivity contribution in [3.05, 3.63) is 91.3 Å². The summed E-state index contributed by atoms with van der Waals surface area (Å²) in [6.45, 7) is 1.61. The molecule has 0 radical (unpaired) electrons. The fourth-order valence-corrected chi connectivity index (χ4v) is 5.58. The molecule has 1 aliphatic carbocycles. The standard InChI is InChI=1S/C29H25BrFN3O6/c1-2-40-29(39)21-25(35)23-24(22(30)17(15-32-23)14-16-8-10-18(31)11-9-16)33(28(21)38)12-5-13-34-26(36)19-6-3-4-7-20(19)27(34)37/h3-4,6-10,15,18,35H,2,5,11-14H2,1H3. The molecule has 1 aliphatic heterocycles. The summed E-state index contributed by atoms with van der Waals surface area (Å²) in [5, 5.41) is 10.9. The summed E-state index contributed by atoms with van der Waals surface area (Å²) >= 11 is 3.56. The van der Waals surface area contributed by atoms with Crippen LogP contribution in [0, 0.1) is 0 Å². The van der Waals surface area contributed by atoms with E-state index in [4.69, 9.17) is 4.74 Å². The van der Waals surface area contributed by atoms with Crippen molar-refractivity contribution >= 4 is 44.7 Å². The fourth-order valence-electron chi connectivity index (χ4n) is 4.93. The number of halogens is 2. The van der Waals surface area contributed by atoms with Crippen LogP contribution in [0.15, 0.2) is 63.5 Å². The molecule has 1 N–H and O–H groups in total. The van der Waals surface area contributed by atoms with Crippen LogP contribution in [0.25, 0.3) is 11.0 Å². The first-order valence-corrected chi connectivity index (χ1v) is 13.6. The highest BCUT2D eigenvalue weighted by Crippen LogP contribution is 2.34. The Balaban J connectivity index is 1.52. The molecule has 3 aromatic rings. The Morgan fingerprint density at radius 3 is 2.50 bits per heavy atom. The smallest absolute Gasteiger partial charge is 0.347 e. The number of esters is 1. The molecule has 9 nitrogen and oxygen atoms in total. The van der Waals surface area contributed by atoms with Crippen molar-refractivity contribution in [1.29, 1.82) is 0 Å². The Kier molecular flexibility index (Phi) is 7.66. The molecule has 2 aromatic heterocycles. The van der Waals surface area contributed by atoms with Gasteiger partial charge in [0.2, 0.25) is 0 Å². The minimum Gasteiger partial charge on any atom is -0.505 e. The maximum Gasteiger partial charge on any atom is 0.347 e. The molecule has 0 saturated heterocycles. The molecule has 3 heterocycles. The van der Waals surface area contributed by atoms with Crippen LogP contribution < -0.4 is 5.56 Å². The van der Waals surface area contributed by atoms with Gasteiger partial charge in [-0.05, 0) is 59.0 Å². The number of nitrogens with zero attached hydrogens (tertiary/aromatic N) is 3. The second-order valence-corrected chi connectivity index (χ2v) is 10.2. The second kappa shape index (κ2) is 11.2. The summed E-state index contributed by atoms with van der Waals surface area (Å²) in [7, 11) is 0. The average Bonchev–Trinajstić information content (AvgIpc) is 3.18. The third kappa shape index (κ3) is 4.85. The van der Waals surface area contributed by atoms with Gasteiger partial charge in [0.1, 0.15) is 11.7 Å². The van der Waals surface area contributed by atoms with E-state index in [1.807, 2.05) is 0 Å². The molecule has 1 unspecified atom stereocenters. The number of hydrogen-bond donors (Lipinski definition) is 1. The Bertz CT molecular complexity index is 1640. The van der Waals surface area contributed by atoms with Crippen LogP contribution >= 0.6 is 15.9 Å². The third-order valence-corrected chi connectivity index (χ3v) is 7.78. The number of hydrogen-bond acceptors (Lipinski definition) is 7. The number of alkyl halides is 1. The Morgan fingerprint density at radius 2 is 1.88 bits per heavy atom. The first-order chi connectivity index (χ1) is 19.2. The lowest BCUT2D eigenvalue weighted by atomic mass is 9.99. The lowest BCUT2D eigenvalue weighted by Crippen LogP contribution is -2.33. The van der Waals surface area contributed by atoms with E-state index in [2.05, 4.69) is 20.9 Å². The van der Waals surface area contributed by atoms with Crippen molar-refractivity contribution < 1.29 is 28.6 Å². The summed E-state index contributed by atoms with van der Waals surface area (Å²) in [4.78, 5) is 57.3. The Hall–Kier alpha value is -4.12. The number of aromatic hydroxyl groups is 1. The molecule has 0 spiro atoms. The van der Waals surface area contributed by atoms with Crippen molar-refractivity contribution in [1.82, 2.24) is 14.5 Å². The van der Waals surface area contributed by atoms with E-state index in [0.717, 1.165) is 10.5 Å².